The lowest BCUT2D eigenvalue weighted by atomic mass is 9.77. The van der Waals surface area contributed by atoms with Crippen molar-refractivity contribution in [3.05, 3.63) is 64.9 Å². The number of nitrogens with zero attached hydrogens (tertiary/aromatic N) is 3. The Balaban J connectivity index is 1.39. The van der Waals surface area contributed by atoms with Crippen molar-refractivity contribution >= 4 is 23.4 Å². The summed E-state index contributed by atoms with van der Waals surface area (Å²) >= 11 is 6.17. The van der Waals surface area contributed by atoms with Crippen LogP contribution in [0.2, 0.25) is 5.02 Å². The van der Waals surface area contributed by atoms with Gasteiger partial charge in [-0.05, 0) is 55.8 Å². The van der Waals surface area contributed by atoms with Gasteiger partial charge < -0.3 is 24.2 Å². The number of carbonyl (C=O) groups excluding carboxylic acids is 2. The summed E-state index contributed by atoms with van der Waals surface area (Å²) in [6.45, 7) is 3.99. The zero-order valence-electron chi connectivity index (χ0n) is 22.5. The minimum Gasteiger partial charge on any atom is -0.490 e. The third-order valence-electron chi connectivity index (χ3n) is 8.41. The molecule has 2 aromatic rings. The second-order valence-corrected chi connectivity index (χ2v) is 11.6. The normalized spacial score (nSPS) is 23.6. The number of ether oxygens (including phenoxy) is 2. The highest BCUT2D eigenvalue weighted by Gasteiger charge is 2.49. The fourth-order valence-corrected chi connectivity index (χ4v) is 6.35. The van der Waals surface area contributed by atoms with Crippen LogP contribution in [0.25, 0.3) is 0 Å². The average Bonchev–Trinajstić information content (AvgIpc) is 3.43. The van der Waals surface area contributed by atoms with E-state index in [-0.39, 0.29) is 37.2 Å². The Morgan fingerprint density at radius 1 is 1.00 bits per heavy atom. The molecule has 39 heavy (non-hydrogen) atoms. The minimum absolute atomic E-state index is 0.00666. The first-order chi connectivity index (χ1) is 18.8. The predicted molar refractivity (Wildman–Crippen MR) is 147 cm³/mol. The number of piperazine rings is 1. The zero-order valence-corrected chi connectivity index (χ0v) is 23.3. The van der Waals surface area contributed by atoms with Crippen LogP contribution in [0.15, 0.2) is 48.5 Å². The van der Waals surface area contributed by atoms with Crippen LogP contribution in [-0.2, 0) is 19.7 Å². The number of benzene rings is 2. The molecule has 2 amide bonds. The molecule has 3 aliphatic rings. The van der Waals surface area contributed by atoms with Crippen molar-refractivity contribution in [2.24, 2.45) is 0 Å². The Morgan fingerprint density at radius 2 is 1.74 bits per heavy atom. The van der Waals surface area contributed by atoms with Crippen molar-refractivity contribution in [1.29, 1.82) is 0 Å². The summed E-state index contributed by atoms with van der Waals surface area (Å²) in [4.78, 5) is 33.6. The molecule has 5 rings (SSSR count). The smallest absolute Gasteiger partial charge is 0.233 e. The van der Waals surface area contributed by atoms with Crippen LogP contribution >= 0.6 is 11.6 Å². The molecule has 210 valence electrons. The van der Waals surface area contributed by atoms with Crippen LogP contribution in [0.4, 0.5) is 4.39 Å². The molecule has 1 unspecified atom stereocenters. The van der Waals surface area contributed by atoms with Gasteiger partial charge in [0.05, 0.1) is 25.0 Å². The van der Waals surface area contributed by atoms with Crippen molar-refractivity contribution < 1.29 is 23.5 Å². The molecule has 1 atom stereocenters. The lowest BCUT2D eigenvalue weighted by Gasteiger charge is -2.45. The molecule has 2 saturated heterocycles. The van der Waals surface area contributed by atoms with Crippen LogP contribution in [0.3, 0.4) is 0 Å². The van der Waals surface area contributed by atoms with Crippen LogP contribution in [0.5, 0.6) is 5.75 Å². The van der Waals surface area contributed by atoms with Crippen molar-refractivity contribution in [1.82, 2.24) is 14.7 Å². The van der Waals surface area contributed by atoms with Crippen LogP contribution < -0.4 is 4.74 Å². The first-order valence-electron chi connectivity index (χ1n) is 13.8. The Kier molecular flexibility index (Phi) is 8.45. The Hall–Kier alpha value is -2.68. The van der Waals surface area contributed by atoms with E-state index in [1.165, 1.54) is 12.1 Å². The molecule has 2 aliphatic heterocycles. The van der Waals surface area contributed by atoms with E-state index in [1.807, 2.05) is 29.0 Å². The Bertz CT molecular complexity index is 1180. The molecule has 9 heteroatoms. The summed E-state index contributed by atoms with van der Waals surface area (Å²) in [5.41, 5.74) is -1.05. The van der Waals surface area contributed by atoms with Gasteiger partial charge in [-0.15, -0.1) is 0 Å². The fourth-order valence-electron chi connectivity index (χ4n) is 6.17. The Morgan fingerprint density at radius 3 is 2.46 bits per heavy atom. The van der Waals surface area contributed by atoms with E-state index in [1.54, 1.807) is 24.3 Å². The van der Waals surface area contributed by atoms with Crippen LogP contribution in [0.1, 0.15) is 37.7 Å². The minimum atomic E-state index is -1.02. The molecule has 1 aliphatic carbocycles. The second-order valence-electron chi connectivity index (χ2n) is 11.2. The molecule has 3 fully saturated rings. The number of hydrogen-bond donors (Lipinski definition) is 0. The first-order valence-corrected chi connectivity index (χ1v) is 14.2. The highest BCUT2D eigenvalue weighted by Crippen LogP contribution is 2.43. The number of carbonyl (C=O) groups is 2. The topological polar surface area (TPSA) is 62.3 Å². The average molecular weight is 558 g/mol. The third kappa shape index (κ3) is 6.23. The Labute approximate surface area is 234 Å². The van der Waals surface area contributed by atoms with Gasteiger partial charge in [-0.2, -0.15) is 0 Å². The second kappa shape index (κ2) is 11.8. The van der Waals surface area contributed by atoms with Crippen molar-refractivity contribution in [3.8, 4) is 5.75 Å². The molecule has 0 aromatic heterocycles. The summed E-state index contributed by atoms with van der Waals surface area (Å²) in [7, 11) is 2.05. The SMILES string of the molecule is CN1CCN(C(=O)CC2(COc3cccc(Cl)c3)CN(C(=O)C3(c4cccc(F)c4)CCCC3)CCO2)CC1. The molecule has 0 N–H and O–H groups in total. The number of amides is 2. The van der Waals surface area contributed by atoms with Crippen LogP contribution in [-0.4, -0.2) is 91.6 Å². The number of morpholine rings is 1. The van der Waals surface area contributed by atoms with Gasteiger partial charge in [-0.3, -0.25) is 9.59 Å². The number of rotatable bonds is 7. The summed E-state index contributed by atoms with van der Waals surface area (Å²) in [5, 5.41) is 0.551. The van der Waals surface area contributed by atoms with Gasteiger partial charge in [0.1, 0.15) is 23.8 Å². The number of hydrogen-bond acceptors (Lipinski definition) is 5. The fraction of sp³-hybridized carbons (Fsp3) is 0.533. The van der Waals surface area contributed by atoms with Crippen LogP contribution in [0, 0.1) is 5.82 Å². The van der Waals surface area contributed by atoms with Gasteiger partial charge in [0.25, 0.3) is 0 Å². The molecule has 0 bridgehead atoms. The molecule has 2 heterocycles. The van der Waals surface area contributed by atoms with Crippen molar-refractivity contribution in [2.75, 3.05) is 59.5 Å². The monoisotopic (exact) mass is 557 g/mol. The molecule has 1 saturated carbocycles. The van der Waals surface area contributed by atoms with E-state index < -0.39 is 11.0 Å². The molecule has 7 nitrogen and oxygen atoms in total. The third-order valence-corrected chi connectivity index (χ3v) is 8.64. The lowest BCUT2D eigenvalue weighted by Crippen LogP contribution is -2.61. The van der Waals surface area contributed by atoms with Gasteiger partial charge >= 0.3 is 0 Å². The van der Waals surface area contributed by atoms with Gasteiger partial charge in [0.2, 0.25) is 11.8 Å². The largest absolute Gasteiger partial charge is 0.490 e. The maximum Gasteiger partial charge on any atom is 0.233 e. The van der Waals surface area contributed by atoms with Gasteiger partial charge in [-0.25, -0.2) is 4.39 Å². The summed E-state index contributed by atoms with van der Waals surface area (Å²) < 4.78 is 26.7. The number of halogens is 2. The van der Waals surface area contributed by atoms with E-state index in [2.05, 4.69) is 4.90 Å². The van der Waals surface area contributed by atoms with Gasteiger partial charge in [0, 0.05) is 37.7 Å². The van der Waals surface area contributed by atoms with Gasteiger partial charge in [-0.1, -0.05) is 42.6 Å². The maximum atomic E-state index is 14.3. The number of likely N-dealkylation sites (N-methyl/N-ethyl adjacent to an activating group) is 1. The maximum absolute atomic E-state index is 14.3. The highest BCUT2D eigenvalue weighted by atomic mass is 35.5. The molecule has 0 radical (unpaired) electrons. The lowest BCUT2D eigenvalue weighted by molar-refractivity contribution is -0.169. The summed E-state index contributed by atoms with van der Waals surface area (Å²) in [5.74, 6) is 0.212. The standard InChI is InChI=1S/C30H37ClFN3O4/c1-33-12-14-34(15-13-33)27(36)20-29(22-38-26-9-5-7-24(31)19-26)21-35(16-17-39-29)28(37)30(10-2-3-11-30)23-6-4-8-25(32)18-23/h4-9,18-19H,2-3,10-17,20-22H2,1H3. The van der Waals surface area contributed by atoms with E-state index in [4.69, 9.17) is 21.1 Å². The van der Waals surface area contributed by atoms with E-state index in [0.29, 0.717) is 49.9 Å². The molecule has 0 spiro atoms. The molecular weight excluding hydrogens is 521 g/mol. The van der Waals surface area contributed by atoms with Gasteiger partial charge in [0.15, 0.2) is 0 Å². The zero-order chi connectivity index (χ0) is 27.5. The first kappa shape index (κ1) is 27.9. The quantitative estimate of drug-likeness (QED) is 0.512. The van der Waals surface area contributed by atoms with E-state index in [9.17, 15) is 14.0 Å². The molecular formula is C30H37ClFN3O4. The summed E-state index contributed by atoms with van der Waals surface area (Å²) in [6.07, 6.45) is 3.29. The highest BCUT2D eigenvalue weighted by molar-refractivity contribution is 6.30. The van der Waals surface area contributed by atoms with E-state index >= 15 is 0 Å². The van der Waals surface area contributed by atoms with Crippen molar-refractivity contribution in [2.45, 2.75) is 43.1 Å². The van der Waals surface area contributed by atoms with E-state index in [0.717, 1.165) is 31.5 Å². The molecule has 2 aromatic carbocycles. The summed E-state index contributed by atoms with van der Waals surface area (Å²) in [6, 6.07) is 13.6. The van der Waals surface area contributed by atoms with Crippen molar-refractivity contribution in [3.63, 3.8) is 0 Å². The predicted octanol–water partition coefficient (Wildman–Crippen LogP) is 4.13.